The summed E-state index contributed by atoms with van der Waals surface area (Å²) in [5.41, 5.74) is 2.24. The van der Waals surface area contributed by atoms with E-state index in [9.17, 15) is 9.59 Å². The van der Waals surface area contributed by atoms with E-state index < -0.39 is 0 Å². The zero-order chi connectivity index (χ0) is 17.4. The van der Waals surface area contributed by atoms with Gasteiger partial charge in [0, 0.05) is 24.2 Å². The van der Waals surface area contributed by atoms with Crippen LogP contribution in [0.1, 0.15) is 35.7 Å². The van der Waals surface area contributed by atoms with E-state index in [1.54, 1.807) is 31.4 Å². The predicted octanol–water partition coefficient (Wildman–Crippen LogP) is 3.36. The van der Waals surface area contributed by atoms with E-state index in [-0.39, 0.29) is 11.8 Å². The molecule has 2 amide bonds. The molecule has 0 aliphatic carbocycles. The van der Waals surface area contributed by atoms with Crippen molar-refractivity contribution < 1.29 is 14.3 Å². The normalized spacial score (nSPS) is 10.1. The van der Waals surface area contributed by atoms with Crippen LogP contribution in [0.15, 0.2) is 48.5 Å². The van der Waals surface area contributed by atoms with Crippen LogP contribution in [0.3, 0.4) is 0 Å². The lowest BCUT2D eigenvalue weighted by molar-refractivity contribution is -0.116. The van der Waals surface area contributed by atoms with Crippen LogP contribution in [-0.2, 0) is 11.3 Å². The second-order valence-corrected chi connectivity index (χ2v) is 5.41. The van der Waals surface area contributed by atoms with Crippen molar-refractivity contribution in [2.24, 2.45) is 0 Å². The van der Waals surface area contributed by atoms with Gasteiger partial charge in [0.25, 0.3) is 5.91 Å². The molecule has 126 valence electrons. The fraction of sp³-hybridized carbons (Fsp3) is 0.263. The topological polar surface area (TPSA) is 67.4 Å². The van der Waals surface area contributed by atoms with Gasteiger partial charge in [-0.3, -0.25) is 9.59 Å². The molecule has 5 heteroatoms. The molecule has 0 spiro atoms. The van der Waals surface area contributed by atoms with E-state index in [0.29, 0.717) is 24.2 Å². The van der Waals surface area contributed by atoms with Gasteiger partial charge in [0.15, 0.2) is 0 Å². The number of rotatable bonds is 7. The molecule has 0 saturated carbocycles. The quantitative estimate of drug-likeness (QED) is 0.820. The molecule has 0 unspecified atom stereocenters. The smallest absolute Gasteiger partial charge is 0.251 e. The van der Waals surface area contributed by atoms with Gasteiger partial charge in [0.1, 0.15) is 5.75 Å². The van der Waals surface area contributed by atoms with Crippen LogP contribution < -0.4 is 15.4 Å². The molecule has 0 aliphatic rings. The summed E-state index contributed by atoms with van der Waals surface area (Å²) in [7, 11) is 1.62. The van der Waals surface area contributed by atoms with Crippen molar-refractivity contribution in [3.63, 3.8) is 0 Å². The lowest BCUT2D eigenvalue weighted by atomic mass is 10.1. The van der Waals surface area contributed by atoms with Gasteiger partial charge in [-0.15, -0.1) is 0 Å². The van der Waals surface area contributed by atoms with Crippen LogP contribution in [0.4, 0.5) is 5.69 Å². The van der Waals surface area contributed by atoms with Gasteiger partial charge in [-0.1, -0.05) is 19.1 Å². The van der Waals surface area contributed by atoms with Crippen molar-refractivity contribution in [1.29, 1.82) is 0 Å². The third-order valence-corrected chi connectivity index (χ3v) is 3.52. The Bertz CT molecular complexity index is 679. The highest BCUT2D eigenvalue weighted by atomic mass is 16.5. The number of methoxy groups -OCH3 is 1. The Balaban J connectivity index is 1.88. The summed E-state index contributed by atoms with van der Waals surface area (Å²) < 4.78 is 5.10. The minimum Gasteiger partial charge on any atom is -0.497 e. The van der Waals surface area contributed by atoms with Crippen molar-refractivity contribution in [3.8, 4) is 5.75 Å². The van der Waals surface area contributed by atoms with Gasteiger partial charge >= 0.3 is 0 Å². The summed E-state index contributed by atoms with van der Waals surface area (Å²) >= 11 is 0. The van der Waals surface area contributed by atoms with Gasteiger partial charge in [0.2, 0.25) is 5.91 Å². The summed E-state index contributed by atoms with van der Waals surface area (Å²) in [4.78, 5) is 23.7. The first-order valence-corrected chi connectivity index (χ1v) is 7.93. The zero-order valence-electron chi connectivity index (χ0n) is 14.0. The van der Waals surface area contributed by atoms with Crippen molar-refractivity contribution in [2.75, 3.05) is 12.4 Å². The molecular weight excluding hydrogens is 304 g/mol. The van der Waals surface area contributed by atoms with Gasteiger partial charge in [-0.05, 0) is 48.4 Å². The monoisotopic (exact) mass is 326 g/mol. The summed E-state index contributed by atoms with van der Waals surface area (Å²) in [5.74, 6) is 0.609. The Hall–Kier alpha value is -2.82. The summed E-state index contributed by atoms with van der Waals surface area (Å²) in [6.07, 6.45) is 1.29. The molecule has 0 bridgehead atoms. The number of amides is 2. The average Bonchev–Trinajstić information content (AvgIpc) is 2.61. The van der Waals surface area contributed by atoms with Crippen molar-refractivity contribution >= 4 is 17.5 Å². The summed E-state index contributed by atoms with van der Waals surface area (Å²) in [5, 5.41) is 5.66. The van der Waals surface area contributed by atoms with Crippen molar-refractivity contribution in [1.82, 2.24) is 5.32 Å². The SMILES string of the molecule is CCCC(=O)Nc1ccc(C(=O)NCc2ccc(OC)cc2)cc1. The van der Waals surface area contributed by atoms with Crippen molar-refractivity contribution in [2.45, 2.75) is 26.3 Å². The third kappa shape index (κ3) is 5.12. The number of carbonyl (C=O) groups is 2. The number of benzene rings is 2. The third-order valence-electron chi connectivity index (χ3n) is 3.52. The zero-order valence-corrected chi connectivity index (χ0v) is 14.0. The molecule has 0 fully saturated rings. The Morgan fingerprint density at radius 3 is 2.25 bits per heavy atom. The second-order valence-electron chi connectivity index (χ2n) is 5.41. The van der Waals surface area contributed by atoms with Gasteiger partial charge in [0.05, 0.1) is 7.11 Å². The van der Waals surface area contributed by atoms with E-state index in [4.69, 9.17) is 4.74 Å². The average molecular weight is 326 g/mol. The molecule has 2 rings (SSSR count). The fourth-order valence-corrected chi connectivity index (χ4v) is 2.18. The first kappa shape index (κ1) is 17.5. The first-order valence-electron chi connectivity index (χ1n) is 7.93. The number of hydrogen-bond donors (Lipinski definition) is 2. The fourth-order valence-electron chi connectivity index (χ4n) is 2.18. The molecular formula is C19H22N2O3. The molecule has 0 aromatic heterocycles. The number of ether oxygens (including phenoxy) is 1. The highest BCUT2D eigenvalue weighted by molar-refractivity contribution is 5.95. The number of nitrogens with one attached hydrogen (secondary N) is 2. The van der Waals surface area contributed by atoms with Crippen LogP contribution in [0.25, 0.3) is 0 Å². The maximum Gasteiger partial charge on any atom is 0.251 e. The molecule has 0 heterocycles. The minimum atomic E-state index is -0.155. The Morgan fingerprint density at radius 1 is 1.00 bits per heavy atom. The molecule has 24 heavy (non-hydrogen) atoms. The van der Waals surface area contributed by atoms with E-state index in [1.807, 2.05) is 31.2 Å². The van der Waals surface area contributed by atoms with Crippen LogP contribution in [0.2, 0.25) is 0 Å². The Labute approximate surface area is 142 Å². The van der Waals surface area contributed by atoms with Crippen LogP contribution in [-0.4, -0.2) is 18.9 Å². The molecule has 2 N–H and O–H groups in total. The van der Waals surface area contributed by atoms with Gasteiger partial charge < -0.3 is 15.4 Å². The van der Waals surface area contributed by atoms with Gasteiger partial charge in [-0.2, -0.15) is 0 Å². The van der Waals surface area contributed by atoms with Crippen molar-refractivity contribution in [3.05, 3.63) is 59.7 Å². The lowest BCUT2D eigenvalue weighted by Gasteiger charge is -2.08. The van der Waals surface area contributed by atoms with E-state index in [2.05, 4.69) is 10.6 Å². The predicted molar refractivity (Wildman–Crippen MR) is 94.1 cm³/mol. The molecule has 0 saturated heterocycles. The number of anilines is 1. The van der Waals surface area contributed by atoms with E-state index in [0.717, 1.165) is 17.7 Å². The molecule has 2 aromatic rings. The van der Waals surface area contributed by atoms with E-state index in [1.165, 1.54) is 0 Å². The maximum atomic E-state index is 12.2. The number of hydrogen-bond acceptors (Lipinski definition) is 3. The standard InChI is InChI=1S/C19H22N2O3/c1-3-4-18(22)21-16-9-7-15(8-10-16)19(23)20-13-14-5-11-17(24-2)12-6-14/h5-12H,3-4,13H2,1-2H3,(H,20,23)(H,21,22). The van der Waals surface area contributed by atoms with Gasteiger partial charge in [-0.25, -0.2) is 0 Å². The molecule has 5 nitrogen and oxygen atoms in total. The highest BCUT2D eigenvalue weighted by Gasteiger charge is 2.06. The van der Waals surface area contributed by atoms with E-state index >= 15 is 0 Å². The highest BCUT2D eigenvalue weighted by Crippen LogP contribution is 2.12. The minimum absolute atomic E-state index is 0.0193. The van der Waals surface area contributed by atoms with Crippen LogP contribution >= 0.6 is 0 Å². The van der Waals surface area contributed by atoms with Crippen LogP contribution in [0, 0.1) is 0 Å². The largest absolute Gasteiger partial charge is 0.497 e. The molecule has 0 atom stereocenters. The van der Waals surface area contributed by atoms with Crippen LogP contribution in [0.5, 0.6) is 5.75 Å². The Morgan fingerprint density at radius 2 is 1.67 bits per heavy atom. The molecule has 0 radical (unpaired) electrons. The number of carbonyl (C=O) groups excluding carboxylic acids is 2. The maximum absolute atomic E-state index is 12.2. The first-order chi connectivity index (χ1) is 11.6. The summed E-state index contributed by atoms with van der Waals surface area (Å²) in [6.45, 7) is 2.40. The lowest BCUT2D eigenvalue weighted by Crippen LogP contribution is -2.22. The molecule has 2 aromatic carbocycles. The summed E-state index contributed by atoms with van der Waals surface area (Å²) in [6, 6.07) is 14.4. The Kier molecular flexibility index (Phi) is 6.37. The second kappa shape index (κ2) is 8.72. The molecule has 0 aliphatic heterocycles.